The second-order valence-corrected chi connectivity index (χ2v) is 6.06. The van der Waals surface area contributed by atoms with E-state index in [-0.39, 0.29) is 0 Å². The molecule has 1 aliphatic rings. The Hall–Kier alpha value is -0.900. The number of piperidine rings is 1. The van der Waals surface area contributed by atoms with Gasteiger partial charge in [0.15, 0.2) is 0 Å². The van der Waals surface area contributed by atoms with Gasteiger partial charge in [0, 0.05) is 19.2 Å². The van der Waals surface area contributed by atoms with Crippen LogP contribution in [0.5, 0.6) is 0 Å². The lowest BCUT2D eigenvalue weighted by molar-refractivity contribution is 0.185. The molecule has 0 aliphatic carbocycles. The highest BCUT2D eigenvalue weighted by molar-refractivity contribution is 5.14. The molecule has 1 atom stereocenters. The van der Waals surface area contributed by atoms with E-state index in [0.29, 0.717) is 18.6 Å². The summed E-state index contributed by atoms with van der Waals surface area (Å²) >= 11 is 0. The van der Waals surface area contributed by atoms with Crippen molar-refractivity contribution >= 4 is 0 Å². The maximum atomic E-state index is 8.91. The highest BCUT2D eigenvalue weighted by Crippen LogP contribution is 2.14. The number of likely N-dealkylation sites (tertiary alicyclic amines) is 1. The van der Waals surface area contributed by atoms with Gasteiger partial charge in [0.1, 0.15) is 0 Å². The van der Waals surface area contributed by atoms with Gasteiger partial charge in [-0.25, -0.2) is 0 Å². The van der Waals surface area contributed by atoms with Crippen molar-refractivity contribution in [3.05, 3.63) is 35.9 Å². The number of hydrogen-bond donors (Lipinski definition) is 2. The molecule has 1 fully saturated rings. The molecule has 0 bridgehead atoms. The van der Waals surface area contributed by atoms with Crippen LogP contribution >= 0.6 is 0 Å². The summed E-state index contributed by atoms with van der Waals surface area (Å²) in [6, 6.07) is 11.4. The van der Waals surface area contributed by atoms with Crippen LogP contribution in [-0.2, 0) is 6.54 Å². The van der Waals surface area contributed by atoms with E-state index in [1.165, 1.54) is 31.5 Å². The topological polar surface area (TPSA) is 35.5 Å². The molecule has 0 amide bonds. The van der Waals surface area contributed by atoms with E-state index >= 15 is 0 Å². The lowest BCUT2D eigenvalue weighted by atomic mass is 10.0. The molecule has 1 aliphatic heterocycles. The second-order valence-electron chi connectivity index (χ2n) is 6.06. The minimum atomic E-state index is 0.304. The van der Waals surface area contributed by atoms with E-state index in [1.54, 1.807) is 0 Å². The van der Waals surface area contributed by atoms with Crippen LogP contribution in [0, 0.1) is 5.92 Å². The van der Waals surface area contributed by atoms with Gasteiger partial charge < -0.3 is 10.4 Å². The smallest absolute Gasteiger partial charge is 0.0434 e. The lowest BCUT2D eigenvalue weighted by Gasteiger charge is -2.33. The monoisotopic (exact) mass is 276 g/mol. The van der Waals surface area contributed by atoms with Crippen LogP contribution in [0.1, 0.15) is 31.7 Å². The Labute approximate surface area is 123 Å². The quantitative estimate of drug-likeness (QED) is 0.802. The van der Waals surface area contributed by atoms with Gasteiger partial charge in [-0.1, -0.05) is 37.3 Å². The molecule has 3 heteroatoms. The minimum absolute atomic E-state index is 0.304. The fourth-order valence-electron chi connectivity index (χ4n) is 2.83. The summed E-state index contributed by atoms with van der Waals surface area (Å²) < 4.78 is 0. The molecule has 1 saturated heterocycles. The van der Waals surface area contributed by atoms with Gasteiger partial charge in [0.2, 0.25) is 0 Å². The molecular formula is C17H28N2O. The zero-order valence-electron chi connectivity index (χ0n) is 12.6. The van der Waals surface area contributed by atoms with Crippen molar-refractivity contribution in [2.24, 2.45) is 5.92 Å². The summed E-state index contributed by atoms with van der Waals surface area (Å²) in [6.45, 7) is 6.98. The Morgan fingerprint density at radius 2 is 1.95 bits per heavy atom. The second kappa shape index (κ2) is 8.40. The molecule has 1 aromatic rings. The summed E-state index contributed by atoms with van der Waals surface area (Å²) in [4.78, 5) is 2.55. The van der Waals surface area contributed by atoms with Gasteiger partial charge in [-0.2, -0.15) is 0 Å². The number of aliphatic hydroxyl groups excluding tert-OH is 1. The van der Waals surface area contributed by atoms with Crippen molar-refractivity contribution in [1.82, 2.24) is 10.2 Å². The summed E-state index contributed by atoms with van der Waals surface area (Å²) in [5.74, 6) is 0.572. The molecule has 1 aromatic carbocycles. The predicted octanol–water partition coefficient (Wildman–Crippen LogP) is 2.26. The van der Waals surface area contributed by atoms with Crippen molar-refractivity contribution in [3.8, 4) is 0 Å². The molecular weight excluding hydrogens is 248 g/mol. The van der Waals surface area contributed by atoms with E-state index in [1.807, 2.05) is 0 Å². The van der Waals surface area contributed by atoms with Crippen LogP contribution in [0.25, 0.3) is 0 Å². The number of aliphatic hydroxyl groups is 1. The van der Waals surface area contributed by atoms with E-state index in [9.17, 15) is 0 Å². The highest BCUT2D eigenvalue weighted by Gasteiger charge is 2.19. The molecule has 0 saturated carbocycles. The highest BCUT2D eigenvalue weighted by atomic mass is 16.3. The first-order chi connectivity index (χ1) is 9.78. The van der Waals surface area contributed by atoms with Crippen LogP contribution in [0.3, 0.4) is 0 Å². The number of hydrogen-bond acceptors (Lipinski definition) is 3. The van der Waals surface area contributed by atoms with E-state index in [0.717, 1.165) is 19.5 Å². The van der Waals surface area contributed by atoms with Crippen LogP contribution < -0.4 is 5.32 Å². The van der Waals surface area contributed by atoms with Gasteiger partial charge in [-0.15, -0.1) is 0 Å². The fraction of sp³-hybridized carbons (Fsp3) is 0.647. The summed E-state index contributed by atoms with van der Waals surface area (Å²) in [5, 5.41) is 12.6. The summed E-state index contributed by atoms with van der Waals surface area (Å²) in [5.41, 5.74) is 1.41. The van der Waals surface area contributed by atoms with E-state index in [2.05, 4.69) is 47.5 Å². The Morgan fingerprint density at radius 1 is 1.25 bits per heavy atom. The first-order valence-electron chi connectivity index (χ1n) is 7.88. The third kappa shape index (κ3) is 5.23. The standard InChI is InChI=1S/C17H28N2O/c1-15(9-12-20)13-18-17-7-10-19(11-8-17)14-16-5-3-2-4-6-16/h2-6,15,17-18,20H,7-14H2,1H3. The first-order valence-corrected chi connectivity index (χ1v) is 7.88. The van der Waals surface area contributed by atoms with Crippen molar-refractivity contribution in [1.29, 1.82) is 0 Å². The molecule has 112 valence electrons. The molecule has 2 rings (SSSR count). The fourth-order valence-corrected chi connectivity index (χ4v) is 2.83. The molecule has 20 heavy (non-hydrogen) atoms. The van der Waals surface area contributed by atoms with Crippen molar-refractivity contribution < 1.29 is 5.11 Å². The average Bonchev–Trinajstić information content (AvgIpc) is 2.48. The Bertz CT molecular complexity index is 361. The molecule has 1 unspecified atom stereocenters. The van der Waals surface area contributed by atoms with Crippen LogP contribution in [-0.4, -0.2) is 42.3 Å². The Morgan fingerprint density at radius 3 is 2.60 bits per heavy atom. The number of benzene rings is 1. The molecule has 3 nitrogen and oxygen atoms in total. The molecule has 1 heterocycles. The van der Waals surface area contributed by atoms with Crippen LogP contribution in [0.2, 0.25) is 0 Å². The van der Waals surface area contributed by atoms with E-state index in [4.69, 9.17) is 5.11 Å². The number of nitrogens with one attached hydrogen (secondary N) is 1. The molecule has 0 spiro atoms. The van der Waals surface area contributed by atoms with Gasteiger partial charge in [0.05, 0.1) is 0 Å². The lowest BCUT2D eigenvalue weighted by Crippen LogP contribution is -2.43. The van der Waals surface area contributed by atoms with Gasteiger partial charge in [-0.3, -0.25) is 4.90 Å². The third-order valence-electron chi connectivity index (χ3n) is 4.21. The maximum absolute atomic E-state index is 8.91. The number of rotatable bonds is 7. The minimum Gasteiger partial charge on any atom is -0.396 e. The predicted molar refractivity (Wildman–Crippen MR) is 83.6 cm³/mol. The SMILES string of the molecule is CC(CCO)CNC1CCN(Cc2ccccc2)CC1. The summed E-state index contributed by atoms with van der Waals surface area (Å²) in [7, 11) is 0. The third-order valence-corrected chi connectivity index (χ3v) is 4.21. The van der Waals surface area contributed by atoms with Crippen LogP contribution in [0.15, 0.2) is 30.3 Å². The van der Waals surface area contributed by atoms with Crippen molar-refractivity contribution in [2.45, 2.75) is 38.8 Å². The zero-order chi connectivity index (χ0) is 14.2. The molecule has 0 aromatic heterocycles. The average molecular weight is 276 g/mol. The Kier molecular flexibility index (Phi) is 6.51. The molecule has 0 radical (unpaired) electrons. The van der Waals surface area contributed by atoms with Crippen LogP contribution in [0.4, 0.5) is 0 Å². The van der Waals surface area contributed by atoms with Gasteiger partial charge in [-0.05, 0) is 50.4 Å². The first kappa shape index (κ1) is 15.5. The van der Waals surface area contributed by atoms with Crippen molar-refractivity contribution in [2.75, 3.05) is 26.2 Å². The Balaban J connectivity index is 1.65. The largest absolute Gasteiger partial charge is 0.396 e. The van der Waals surface area contributed by atoms with Gasteiger partial charge >= 0.3 is 0 Å². The summed E-state index contributed by atoms with van der Waals surface area (Å²) in [6.07, 6.45) is 3.37. The normalized spacial score (nSPS) is 19.1. The van der Waals surface area contributed by atoms with Gasteiger partial charge in [0.25, 0.3) is 0 Å². The van der Waals surface area contributed by atoms with Crippen molar-refractivity contribution in [3.63, 3.8) is 0 Å². The number of nitrogens with zero attached hydrogens (tertiary/aromatic N) is 1. The van der Waals surface area contributed by atoms with E-state index < -0.39 is 0 Å². The maximum Gasteiger partial charge on any atom is 0.0434 e. The molecule has 2 N–H and O–H groups in total. The zero-order valence-corrected chi connectivity index (χ0v) is 12.6.